The molecule has 0 amide bonds. The molecule has 1 aliphatic rings. The number of hydrogen-bond acceptors (Lipinski definition) is 5. The maximum Gasteiger partial charge on any atom is 0.472 e. The van der Waals surface area contributed by atoms with Gasteiger partial charge in [-0.2, -0.15) is 0 Å². The number of phosphoric ester groups is 1. The van der Waals surface area contributed by atoms with Gasteiger partial charge in [-0.05, 0) is 19.3 Å². The monoisotopic (exact) mass is 542 g/mol. The van der Waals surface area contributed by atoms with Crippen molar-refractivity contribution >= 4 is 23.8 Å². The Labute approximate surface area is 205 Å². The topological polar surface area (TPSA) is 74.2 Å². The highest BCUT2D eigenvalue weighted by Gasteiger charge is 2.34. The smallest absolute Gasteiger partial charge is 0.379 e. The minimum Gasteiger partial charge on any atom is -0.379 e. The lowest BCUT2D eigenvalue weighted by atomic mass is 10.0. The third kappa shape index (κ3) is 17.0. The van der Waals surface area contributed by atoms with Gasteiger partial charge in [-0.1, -0.05) is 106 Å². The molecule has 0 radical (unpaired) electrons. The van der Waals surface area contributed by atoms with Crippen molar-refractivity contribution < 1.29 is 28.0 Å². The van der Waals surface area contributed by atoms with E-state index in [0.29, 0.717) is 31.6 Å². The van der Waals surface area contributed by atoms with Crippen molar-refractivity contribution in [2.75, 3.05) is 31.8 Å². The minimum atomic E-state index is -4.06. The van der Waals surface area contributed by atoms with Gasteiger partial charge in [0.15, 0.2) is 0 Å². The summed E-state index contributed by atoms with van der Waals surface area (Å²) in [5.74, 6) is 0. The minimum absolute atomic E-state index is 0.127. The molecule has 0 aromatic rings. The van der Waals surface area contributed by atoms with E-state index in [1.807, 2.05) is 0 Å². The summed E-state index contributed by atoms with van der Waals surface area (Å²) in [5, 5.41) is 0.480. The van der Waals surface area contributed by atoms with Crippen LogP contribution in [0.15, 0.2) is 0 Å². The predicted molar refractivity (Wildman–Crippen MR) is 135 cm³/mol. The van der Waals surface area contributed by atoms with E-state index in [9.17, 15) is 9.46 Å². The summed E-state index contributed by atoms with van der Waals surface area (Å²) in [5.41, 5.74) is 0. The van der Waals surface area contributed by atoms with Gasteiger partial charge in [0.2, 0.25) is 0 Å². The van der Waals surface area contributed by atoms with E-state index in [0.717, 1.165) is 12.8 Å². The second kappa shape index (κ2) is 20.8. The lowest BCUT2D eigenvalue weighted by molar-refractivity contribution is -0.105. The lowest BCUT2D eigenvalue weighted by Gasteiger charge is -2.32. The van der Waals surface area contributed by atoms with Crippen LogP contribution >= 0.6 is 23.8 Å². The average Bonchev–Trinajstić information content (AvgIpc) is 2.78. The third-order valence-corrected chi connectivity index (χ3v) is 7.27. The Kier molecular flexibility index (Phi) is 19.9. The largest absolute Gasteiger partial charge is 0.472 e. The maximum atomic E-state index is 12.0. The molecular weight excluding hydrogens is 495 g/mol. The van der Waals surface area contributed by atoms with E-state index >= 15 is 0 Å². The van der Waals surface area contributed by atoms with E-state index < -0.39 is 13.9 Å². The van der Waals surface area contributed by atoms with Crippen LogP contribution in [0.5, 0.6) is 0 Å². The van der Waals surface area contributed by atoms with Crippen molar-refractivity contribution in [2.24, 2.45) is 0 Å². The molecule has 0 aromatic carbocycles. The van der Waals surface area contributed by atoms with Gasteiger partial charge < -0.3 is 14.4 Å². The first-order valence-electron chi connectivity index (χ1n) is 13.0. The Morgan fingerprint density at radius 1 is 0.906 bits per heavy atom. The number of rotatable bonds is 22. The van der Waals surface area contributed by atoms with Crippen LogP contribution in [0.4, 0.5) is 0 Å². The van der Waals surface area contributed by atoms with Gasteiger partial charge in [0.05, 0.1) is 19.3 Å². The molecule has 192 valence electrons. The highest BCUT2D eigenvalue weighted by Crippen LogP contribution is 2.46. The Morgan fingerprint density at radius 3 is 2.03 bits per heavy atom. The number of ether oxygens (including phenoxy) is 2. The van der Waals surface area contributed by atoms with Gasteiger partial charge in [-0.15, -0.1) is 0 Å². The van der Waals surface area contributed by atoms with E-state index in [4.69, 9.17) is 18.5 Å². The Bertz CT molecular complexity index is 468. The fourth-order valence-corrected chi connectivity index (χ4v) is 5.42. The molecule has 0 saturated carbocycles. The second-order valence-electron chi connectivity index (χ2n) is 8.86. The first kappa shape index (κ1) is 30.5. The van der Waals surface area contributed by atoms with Crippen molar-refractivity contribution in [3.05, 3.63) is 0 Å². The summed E-state index contributed by atoms with van der Waals surface area (Å²) in [6.45, 7) is 4.11. The SMILES string of the molecule is CCCCCCCCCCCCCCCCOC[C@@H]1OCCC[C@H]1OP(=O)(O)OCCBr. The molecule has 1 N–H and O–H groups in total. The number of unbranched alkanes of at least 4 members (excludes halogenated alkanes) is 13. The highest BCUT2D eigenvalue weighted by molar-refractivity contribution is 9.09. The van der Waals surface area contributed by atoms with Crippen molar-refractivity contribution in [3.63, 3.8) is 0 Å². The molecule has 0 aliphatic carbocycles. The van der Waals surface area contributed by atoms with E-state index in [-0.39, 0.29) is 12.7 Å². The third-order valence-electron chi connectivity index (χ3n) is 5.90. The average molecular weight is 544 g/mol. The van der Waals surface area contributed by atoms with Crippen LogP contribution in [0.25, 0.3) is 0 Å². The quantitative estimate of drug-likeness (QED) is 0.0863. The van der Waals surface area contributed by atoms with Crippen LogP contribution in [-0.4, -0.2) is 48.9 Å². The maximum absolute atomic E-state index is 12.0. The standard InChI is InChI=1S/C24H48BrO6P/c1-2-3-4-5-6-7-8-9-10-11-12-13-14-15-19-28-22-24-23(17-16-20-29-24)31-32(26,27)30-21-18-25/h23-24H,2-22H2,1H3,(H,26,27)/t23-,24+/m1/s1. The van der Waals surface area contributed by atoms with Crippen LogP contribution in [-0.2, 0) is 23.1 Å². The van der Waals surface area contributed by atoms with Crippen molar-refractivity contribution in [2.45, 2.75) is 122 Å². The molecule has 32 heavy (non-hydrogen) atoms. The number of hydrogen-bond donors (Lipinski definition) is 1. The van der Waals surface area contributed by atoms with Crippen molar-refractivity contribution in [1.82, 2.24) is 0 Å². The fraction of sp³-hybridized carbons (Fsp3) is 1.00. The van der Waals surface area contributed by atoms with Crippen LogP contribution in [0.1, 0.15) is 110 Å². The highest BCUT2D eigenvalue weighted by atomic mass is 79.9. The zero-order valence-electron chi connectivity index (χ0n) is 20.3. The zero-order valence-corrected chi connectivity index (χ0v) is 22.8. The molecule has 1 unspecified atom stereocenters. The molecule has 0 spiro atoms. The van der Waals surface area contributed by atoms with Crippen LogP contribution < -0.4 is 0 Å². The molecule has 8 heteroatoms. The zero-order chi connectivity index (χ0) is 23.3. The molecule has 1 rings (SSSR count). The predicted octanol–water partition coefficient (Wildman–Crippen LogP) is 7.56. The molecule has 1 aliphatic heterocycles. The summed E-state index contributed by atoms with van der Waals surface area (Å²) < 4.78 is 33.7. The summed E-state index contributed by atoms with van der Waals surface area (Å²) >= 11 is 3.17. The number of halogens is 1. The molecule has 0 aromatic heterocycles. The summed E-state index contributed by atoms with van der Waals surface area (Å²) in [6, 6.07) is 0. The molecular formula is C24H48BrO6P. The first-order chi connectivity index (χ1) is 15.6. The van der Waals surface area contributed by atoms with Crippen LogP contribution in [0.2, 0.25) is 0 Å². The van der Waals surface area contributed by atoms with E-state index in [2.05, 4.69) is 22.9 Å². The van der Waals surface area contributed by atoms with Gasteiger partial charge in [0.1, 0.15) is 6.10 Å². The van der Waals surface area contributed by atoms with E-state index in [1.54, 1.807) is 0 Å². The number of phosphoric acid groups is 1. The fourth-order valence-electron chi connectivity index (χ4n) is 4.04. The molecule has 0 bridgehead atoms. The van der Waals surface area contributed by atoms with Gasteiger partial charge in [-0.25, -0.2) is 4.57 Å². The summed E-state index contributed by atoms with van der Waals surface area (Å²) in [6.07, 6.45) is 19.4. The molecule has 1 fully saturated rings. The summed E-state index contributed by atoms with van der Waals surface area (Å²) in [7, 11) is -4.06. The Hall–Kier alpha value is 0.510. The molecule has 1 saturated heterocycles. The van der Waals surface area contributed by atoms with Gasteiger partial charge in [0.25, 0.3) is 0 Å². The Morgan fingerprint density at radius 2 is 1.47 bits per heavy atom. The first-order valence-corrected chi connectivity index (χ1v) is 15.6. The van der Waals surface area contributed by atoms with Crippen LogP contribution in [0.3, 0.4) is 0 Å². The van der Waals surface area contributed by atoms with Gasteiger partial charge in [0, 0.05) is 18.5 Å². The Balaban J connectivity index is 1.95. The van der Waals surface area contributed by atoms with Gasteiger partial charge in [-0.3, -0.25) is 9.05 Å². The van der Waals surface area contributed by atoms with Crippen molar-refractivity contribution in [3.8, 4) is 0 Å². The number of alkyl halides is 1. The van der Waals surface area contributed by atoms with Crippen LogP contribution in [0, 0.1) is 0 Å². The summed E-state index contributed by atoms with van der Waals surface area (Å²) in [4.78, 5) is 9.82. The molecule has 3 atom stereocenters. The molecule has 6 nitrogen and oxygen atoms in total. The van der Waals surface area contributed by atoms with E-state index in [1.165, 1.54) is 83.5 Å². The lowest BCUT2D eigenvalue weighted by Crippen LogP contribution is -2.39. The van der Waals surface area contributed by atoms with Crippen molar-refractivity contribution in [1.29, 1.82) is 0 Å². The molecule has 1 heterocycles. The normalized spacial score (nSPS) is 21.0. The van der Waals surface area contributed by atoms with Gasteiger partial charge >= 0.3 is 7.82 Å². The second-order valence-corrected chi connectivity index (χ2v) is 11.1.